The summed E-state index contributed by atoms with van der Waals surface area (Å²) in [4.78, 5) is 3.94. The van der Waals surface area contributed by atoms with Crippen LogP contribution in [0.15, 0.2) is 42.7 Å². The number of pyridine rings is 1. The molecule has 0 amide bonds. The van der Waals surface area contributed by atoms with E-state index in [2.05, 4.69) is 10.3 Å². The van der Waals surface area contributed by atoms with E-state index in [1.54, 1.807) is 12.4 Å². The zero-order valence-corrected chi connectivity index (χ0v) is 10.7. The molecule has 0 atom stereocenters. The summed E-state index contributed by atoms with van der Waals surface area (Å²) < 4.78 is 0. The van der Waals surface area contributed by atoms with E-state index >= 15 is 0 Å². The van der Waals surface area contributed by atoms with Crippen LogP contribution in [0.25, 0.3) is 0 Å². The summed E-state index contributed by atoms with van der Waals surface area (Å²) in [5.74, 6) is 0. The summed E-state index contributed by atoms with van der Waals surface area (Å²) >= 11 is 12.1. The van der Waals surface area contributed by atoms with Crippen LogP contribution >= 0.6 is 23.2 Å². The molecule has 88 valence electrons. The smallest absolute Gasteiger partial charge is 0.0634 e. The van der Waals surface area contributed by atoms with Gasteiger partial charge in [-0.05, 0) is 23.3 Å². The van der Waals surface area contributed by atoms with Crippen molar-refractivity contribution < 1.29 is 0 Å². The first-order valence-corrected chi connectivity index (χ1v) is 6.05. The Labute approximate surface area is 111 Å². The molecule has 1 aromatic heterocycles. The Hall–Kier alpha value is -1.09. The number of hydrogen-bond donors (Lipinski definition) is 1. The lowest BCUT2D eigenvalue weighted by Gasteiger charge is -2.07. The first kappa shape index (κ1) is 12.4. The Morgan fingerprint density at radius 2 is 1.65 bits per heavy atom. The van der Waals surface area contributed by atoms with Crippen LogP contribution in [0.1, 0.15) is 11.1 Å². The van der Waals surface area contributed by atoms with E-state index in [4.69, 9.17) is 23.2 Å². The maximum atomic E-state index is 6.06. The van der Waals surface area contributed by atoms with Crippen molar-refractivity contribution >= 4 is 23.2 Å². The van der Waals surface area contributed by atoms with Gasteiger partial charge in [-0.25, -0.2) is 0 Å². The highest BCUT2D eigenvalue weighted by Crippen LogP contribution is 2.16. The molecule has 0 spiro atoms. The summed E-state index contributed by atoms with van der Waals surface area (Å²) in [5.41, 5.74) is 2.12. The molecule has 0 saturated carbocycles. The number of benzene rings is 1. The van der Waals surface area contributed by atoms with E-state index in [0.717, 1.165) is 22.7 Å². The fourth-order valence-corrected chi connectivity index (χ4v) is 1.91. The predicted octanol–water partition coefficient (Wildman–Crippen LogP) is 3.68. The molecule has 0 aliphatic carbocycles. The molecule has 0 radical (unpaired) electrons. The van der Waals surface area contributed by atoms with Gasteiger partial charge in [0.1, 0.15) is 0 Å². The maximum absolute atomic E-state index is 6.06. The van der Waals surface area contributed by atoms with E-state index in [1.807, 2.05) is 30.3 Å². The van der Waals surface area contributed by atoms with Gasteiger partial charge in [-0.15, -0.1) is 0 Å². The predicted molar refractivity (Wildman–Crippen MR) is 71.2 cm³/mol. The highest BCUT2D eigenvalue weighted by Gasteiger charge is 2.01. The van der Waals surface area contributed by atoms with E-state index in [9.17, 15) is 0 Å². The van der Waals surface area contributed by atoms with Crippen LogP contribution in [0.4, 0.5) is 0 Å². The SMILES string of the molecule is Clc1ccccc1CNCc1ccncc1Cl. The third-order valence-corrected chi connectivity index (χ3v) is 3.15. The fourth-order valence-electron chi connectivity index (χ4n) is 1.52. The van der Waals surface area contributed by atoms with Crippen molar-refractivity contribution in [3.05, 3.63) is 63.9 Å². The van der Waals surface area contributed by atoms with E-state index in [1.165, 1.54) is 0 Å². The van der Waals surface area contributed by atoms with E-state index in [0.29, 0.717) is 11.6 Å². The fraction of sp³-hybridized carbons (Fsp3) is 0.154. The van der Waals surface area contributed by atoms with Crippen LogP contribution in [0.2, 0.25) is 10.0 Å². The Morgan fingerprint density at radius 1 is 0.941 bits per heavy atom. The van der Waals surface area contributed by atoms with Crippen molar-refractivity contribution in [2.24, 2.45) is 0 Å². The van der Waals surface area contributed by atoms with Crippen molar-refractivity contribution in [1.82, 2.24) is 10.3 Å². The molecule has 0 aliphatic rings. The number of rotatable bonds is 4. The molecule has 4 heteroatoms. The van der Waals surface area contributed by atoms with Gasteiger partial charge in [0.05, 0.1) is 5.02 Å². The van der Waals surface area contributed by atoms with Gasteiger partial charge in [0.15, 0.2) is 0 Å². The van der Waals surface area contributed by atoms with E-state index < -0.39 is 0 Å². The van der Waals surface area contributed by atoms with E-state index in [-0.39, 0.29) is 0 Å². The summed E-state index contributed by atoms with van der Waals surface area (Å²) in [7, 11) is 0. The summed E-state index contributed by atoms with van der Waals surface area (Å²) in [5, 5.41) is 4.76. The second-order valence-corrected chi connectivity index (χ2v) is 4.48. The summed E-state index contributed by atoms with van der Waals surface area (Å²) in [6.07, 6.45) is 3.38. The zero-order chi connectivity index (χ0) is 12.1. The molecular formula is C13H12Cl2N2. The first-order valence-electron chi connectivity index (χ1n) is 5.30. The Balaban J connectivity index is 1.93. The minimum Gasteiger partial charge on any atom is -0.309 e. The van der Waals surface area contributed by atoms with Crippen LogP contribution in [-0.2, 0) is 13.1 Å². The molecule has 0 bridgehead atoms. The molecule has 0 unspecified atom stereocenters. The first-order chi connectivity index (χ1) is 8.27. The topological polar surface area (TPSA) is 24.9 Å². The van der Waals surface area contributed by atoms with Gasteiger partial charge >= 0.3 is 0 Å². The second kappa shape index (κ2) is 6.01. The Kier molecular flexibility index (Phi) is 4.37. The monoisotopic (exact) mass is 266 g/mol. The molecule has 1 aromatic carbocycles. The highest BCUT2D eigenvalue weighted by atomic mass is 35.5. The van der Waals surface area contributed by atoms with Crippen LogP contribution < -0.4 is 5.32 Å². The third-order valence-electron chi connectivity index (χ3n) is 2.45. The lowest BCUT2D eigenvalue weighted by atomic mass is 10.2. The second-order valence-electron chi connectivity index (χ2n) is 3.66. The molecule has 0 aliphatic heterocycles. The number of nitrogens with zero attached hydrogens (tertiary/aromatic N) is 1. The normalized spacial score (nSPS) is 10.5. The van der Waals surface area contributed by atoms with Crippen molar-refractivity contribution in [2.75, 3.05) is 0 Å². The van der Waals surface area contributed by atoms with Gasteiger partial charge in [0.25, 0.3) is 0 Å². The number of halogens is 2. The summed E-state index contributed by atoms with van der Waals surface area (Å²) in [6.45, 7) is 1.42. The largest absolute Gasteiger partial charge is 0.309 e. The number of aromatic nitrogens is 1. The van der Waals surface area contributed by atoms with Gasteiger partial charge in [0.2, 0.25) is 0 Å². The molecule has 1 N–H and O–H groups in total. The maximum Gasteiger partial charge on any atom is 0.0634 e. The van der Waals surface area contributed by atoms with Crippen LogP contribution in [0, 0.1) is 0 Å². The zero-order valence-electron chi connectivity index (χ0n) is 9.16. The minimum absolute atomic E-state index is 0.680. The molecule has 2 nitrogen and oxygen atoms in total. The standard InChI is InChI=1S/C13H12Cl2N2/c14-12-4-2-1-3-10(12)7-17-8-11-5-6-16-9-13(11)15/h1-6,9,17H,7-8H2. The molecular weight excluding hydrogens is 255 g/mol. The van der Waals surface area contributed by atoms with Crippen LogP contribution in [0.5, 0.6) is 0 Å². The lowest BCUT2D eigenvalue weighted by Crippen LogP contribution is -2.13. The molecule has 17 heavy (non-hydrogen) atoms. The molecule has 2 rings (SSSR count). The molecule has 0 fully saturated rings. The third kappa shape index (κ3) is 3.43. The van der Waals surface area contributed by atoms with Crippen molar-refractivity contribution in [3.63, 3.8) is 0 Å². The van der Waals surface area contributed by atoms with Gasteiger partial charge in [-0.3, -0.25) is 4.98 Å². The van der Waals surface area contributed by atoms with Gasteiger partial charge in [0, 0.05) is 30.5 Å². The van der Waals surface area contributed by atoms with Crippen LogP contribution in [0.3, 0.4) is 0 Å². The molecule has 1 heterocycles. The number of hydrogen-bond acceptors (Lipinski definition) is 2. The Bertz CT molecular complexity index is 455. The van der Waals surface area contributed by atoms with Crippen molar-refractivity contribution in [2.45, 2.75) is 13.1 Å². The van der Waals surface area contributed by atoms with Gasteiger partial charge in [-0.1, -0.05) is 41.4 Å². The van der Waals surface area contributed by atoms with Crippen LogP contribution in [-0.4, -0.2) is 4.98 Å². The molecule has 0 saturated heterocycles. The lowest BCUT2D eigenvalue weighted by molar-refractivity contribution is 0.693. The average Bonchev–Trinajstić information content (AvgIpc) is 2.34. The number of nitrogens with one attached hydrogen (secondary N) is 1. The van der Waals surface area contributed by atoms with Gasteiger partial charge < -0.3 is 5.32 Å². The van der Waals surface area contributed by atoms with Crippen molar-refractivity contribution in [1.29, 1.82) is 0 Å². The summed E-state index contributed by atoms with van der Waals surface area (Å²) in [6, 6.07) is 9.69. The quantitative estimate of drug-likeness (QED) is 0.914. The van der Waals surface area contributed by atoms with Crippen molar-refractivity contribution in [3.8, 4) is 0 Å². The highest BCUT2D eigenvalue weighted by molar-refractivity contribution is 6.31. The minimum atomic E-state index is 0.680. The average molecular weight is 267 g/mol. The Morgan fingerprint density at radius 3 is 2.35 bits per heavy atom. The van der Waals surface area contributed by atoms with Gasteiger partial charge in [-0.2, -0.15) is 0 Å². The molecule has 2 aromatic rings.